The van der Waals surface area contributed by atoms with E-state index in [1.165, 1.54) is 12.3 Å². The predicted octanol–water partition coefficient (Wildman–Crippen LogP) is 4.38. The molecule has 2 aliphatic rings. The van der Waals surface area contributed by atoms with Crippen LogP contribution in [0.25, 0.3) is 11.2 Å². The molecule has 0 saturated heterocycles. The van der Waals surface area contributed by atoms with Crippen molar-refractivity contribution in [1.29, 1.82) is 0 Å². The molecule has 0 bridgehead atoms. The van der Waals surface area contributed by atoms with E-state index in [9.17, 15) is 18.0 Å². The summed E-state index contributed by atoms with van der Waals surface area (Å²) >= 11 is 0. The number of halogens is 3. The zero-order valence-electron chi connectivity index (χ0n) is 14.2. The Morgan fingerprint density at radius 2 is 1.88 bits per heavy atom. The van der Waals surface area contributed by atoms with Crippen LogP contribution in [0.4, 0.5) is 13.2 Å². The molecule has 0 radical (unpaired) electrons. The average Bonchev–Trinajstić information content (AvgIpc) is 3.35. The molecule has 2 aromatic heterocycles. The highest BCUT2D eigenvalue weighted by molar-refractivity contribution is 5.90. The van der Waals surface area contributed by atoms with Crippen molar-refractivity contribution in [3.8, 4) is 0 Å². The molecular formula is C18H20F3N3O2. The van der Waals surface area contributed by atoms with E-state index in [0.717, 1.165) is 18.7 Å². The molecule has 5 nitrogen and oxygen atoms in total. The summed E-state index contributed by atoms with van der Waals surface area (Å²) in [6.45, 7) is 0. The number of fused-ring (bicyclic) bond motifs is 1. The maximum atomic E-state index is 12.8. The molecule has 4 rings (SSSR count). The standard InChI is InChI=1S/C18H20F3N3O2/c19-18(20,21)12-3-1-10(2-4-12)7-15-23-14-8-11(17(25)26)9-22-16(14)24(15)13-5-6-13/h8-10,12-13H,1-7H2,(H,25,26). The van der Waals surface area contributed by atoms with Crippen molar-refractivity contribution in [2.45, 2.75) is 57.2 Å². The van der Waals surface area contributed by atoms with Crippen LogP contribution in [0.3, 0.4) is 0 Å². The summed E-state index contributed by atoms with van der Waals surface area (Å²) < 4.78 is 40.6. The van der Waals surface area contributed by atoms with Gasteiger partial charge in [0.2, 0.25) is 0 Å². The Balaban J connectivity index is 1.56. The molecular weight excluding hydrogens is 347 g/mol. The van der Waals surface area contributed by atoms with Gasteiger partial charge in [0.1, 0.15) is 11.3 Å². The summed E-state index contributed by atoms with van der Waals surface area (Å²) in [6, 6.07) is 1.85. The normalized spacial score (nSPS) is 24.1. The van der Waals surface area contributed by atoms with Crippen molar-refractivity contribution in [3.63, 3.8) is 0 Å². The van der Waals surface area contributed by atoms with Crippen LogP contribution in [-0.4, -0.2) is 31.8 Å². The van der Waals surface area contributed by atoms with E-state index in [2.05, 4.69) is 14.5 Å². The highest BCUT2D eigenvalue weighted by atomic mass is 19.4. The van der Waals surface area contributed by atoms with Gasteiger partial charge in [0.05, 0.1) is 11.5 Å². The summed E-state index contributed by atoms with van der Waals surface area (Å²) in [6.07, 6.45) is 1.38. The molecule has 2 aliphatic carbocycles. The lowest BCUT2D eigenvalue weighted by Crippen LogP contribution is -2.28. The number of carboxylic acid groups (broad SMARTS) is 1. The lowest BCUT2D eigenvalue weighted by atomic mass is 9.80. The SMILES string of the molecule is O=C(O)c1cnc2c(c1)nc(CC1CCC(C(F)(F)F)CC1)n2C1CC1. The fourth-order valence-electron chi connectivity index (χ4n) is 3.96. The maximum Gasteiger partial charge on any atom is 0.391 e. The summed E-state index contributed by atoms with van der Waals surface area (Å²) in [4.78, 5) is 20.0. The van der Waals surface area contributed by atoms with Gasteiger partial charge in [-0.3, -0.25) is 0 Å². The second-order valence-corrected chi connectivity index (χ2v) is 7.46. The Kier molecular flexibility index (Phi) is 4.16. The van der Waals surface area contributed by atoms with Crippen molar-refractivity contribution < 1.29 is 23.1 Å². The van der Waals surface area contributed by atoms with Crippen molar-refractivity contribution in [2.24, 2.45) is 11.8 Å². The number of alkyl halides is 3. The fraction of sp³-hybridized carbons (Fsp3) is 0.611. The minimum atomic E-state index is -4.09. The molecule has 0 aliphatic heterocycles. The predicted molar refractivity (Wildman–Crippen MR) is 88.0 cm³/mol. The van der Waals surface area contributed by atoms with Crippen LogP contribution in [-0.2, 0) is 6.42 Å². The molecule has 1 N–H and O–H groups in total. The Hall–Kier alpha value is -2.12. The molecule has 2 aromatic rings. The molecule has 8 heteroatoms. The number of aromatic carboxylic acids is 1. The molecule has 0 unspecified atom stereocenters. The maximum absolute atomic E-state index is 12.8. The third-order valence-electron chi connectivity index (χ3n) is 5.54. The van der Waals surface area contributed by atoms with E-state index in [4.69, 9.17) is 5.11 Å². The fourth-order valence-corrected chi connectivity index (χ4v) is 3.96. The number of imidazole rings is 1. The molecule has 0 spiro atoms. The second-order valence-electron chi connectivity index (χ2n) is 7.46. The van der Waals surface area contributed by atoms with Gasteiger partial charge >= 0.3 is 12.1 Å². The third kappa shape index (κ3) is 3.29. The van der Waals surface area contributed by atoms with Crippen molar-refractivity contribution >= 4 is 17.1 Å². The van der Waals surface area contributed by atoms with E-state index in [-0.39, 0.29) is 24.3 Å². The monoisotopic (exact) mass is 367 g/mol. The van der Waals surface area contributed by atoms with Gasteiger partial charge in [0, 0.05) is 18.7 Å². The van der Waals surface area contributed by atoms with Gasteiger partial charge in [0.15, 0.2) is 5.65 Å². The third-order valence-corrected chi connectivity index (χ3v) is 5.54. The number of hydrogen-bond donors (Lipinski definition) is 1. The Morgan fingerprint density at radius 3 is 2.46 bits per heavy atom. The van der Waals surface area contributed by atoms with Gasteiger partial charge in [-0.15, -0.1) is 0 Å². The Morgan fingerprint density at radius 1 is 1.19 bits per heavy atom. The number of aromatic nitrogens is 3. The van der Waals surface area contributed by atoms with Gasteiger partial charge in [-0.05, 0) is 50.5 Å². The van der Waals surface area contributed by atoms with Crippen LogP contribution in [0.15, 0.2) is 12.3 Å². The summed E-state index contributed by atoms with van der Waals surface area (Å²) in [5.74, 6) is -1.22. The van der Waals surface area contributed by atoms with Gasteiger partial charge in [-0.1, -0.05) is 0 Å². The lowest BCUT2D eigenvalue weighted by Gasteiger charge is -2.29. The topological polar surface area (TPSA) is 68.0 Å². The van der Waals surface area contributed by atoms with Gasteiger partial charge in [0.25, 0.3) is 0 Å². The van der Waals surface area contributed by atoms with Gasteiger partial charge in [-0.2, -0.15) is 13.2 Å². The number of carboxylic acids is 1. The van der Waals surface area contributed by atoms with Crippen LogP contribution in [0.2, 0.25) is 0 Å². The summed E-state index contributed by atoms with van der Waals surface area (Å²) in [5.41, 5.74) is 1.32. The number of hydrogen-bond acceptors (Lipinski definition) is 3. The van der Waals surface area contributed by atoms with Crippen molar-refractivity contribution in [1.82, 2.24) is 14.5 Å². The van der Waals surface area contributed by atoms with E-state index in [0.29, 0.717) is 36.5 Å². The second kappa shape index (κ2) is 6.25. The zero-order chi connectivity index (χ0) is 18.5. The van der Waals surface area contributed by atoms with E-state index in [1.54, 1.807) is 0 Å². The minimum Gasteiger partial charge on any atom is -0.478 e. The van der Waals surface area contributed by atoms with Crippen molar-refractivity contribution in [3.05, 3.63) is 23.7 Å². The smallest absolute Gasteiger partial charge is 0.391 e. The molecule has 140 valence electrons. The highest BCUT2D eigenvalue weighted by Gasteiger charge is 2.41. The summed E-state index contributed by atoms with van der Waals surface area (Å²) in [7, 11) is 0. The Bertz CT molecular complexity index is 834. The first kappa shape index (κ1) is 17.3. The number of pyridine rings is 1. The number of nitrogens with zero attached hydrogens (tertiary/aromatic N) is 3. The first-order chi connectivity index (χ1) is 12.3. The van der Waals surface area contributed by atoms with Crippen LogP contribution >= 0.6 is 0 Å². The molecule has 0 atom stereocenters. The van der Waals surface area contributed by atoms with Gasteiger partial charge < -0.3 is 9.67 Å². The van der Waals surface area contributed by atoms with Crippen LogP contribution in [0.5, 0.6) is 0 Å². The van der Waals surface area contributed by atoms with Gasteiger partial charge in [-0.25, -0.2) is 14.8 Å². The number of carbonyl (C=O) groups is 1. The van der Waals surface area contributed by atoms with E-state index < -0.39 is 18.1 Å². The van der Waals surface area contributed by atoms with Crippen LogP contribution < -0.4 is 0 Å². The van der Waals surface area contributed by atoms with E-state index in [1.807, 2.05) is 0 Å². The first-order valence-corrected chi connectivity index (χ1v) is 9.00. The van der Waals surface area contributed by atoms with E-state index >= 15 is 0 Å². The highest BCUT2D eigenvalue weighted by Crippen LogP contribution is 2.42. The quantitative estimate of drug-likeness (QED) is 0.871. The number of rotatable bonds is 4. The Labute approximate surface area is 148 Å². The molecule has 2 fully saturated rings. The molecule has 2 heterocycles. The molecule has 0 amide bonds. The molecule has 26 heavy (non-hydrogen) atoms. The largest absolute Gasteiger partial charge is 0.478 e. The van der Waals surface area contributed by atoms with Crippen LogP contribution in [0, 0.1) is 11.8 Å². The summed E-state index contributed by atoms with van der Waals surface area (Å²) in [5, 5.41) is 9.13. The average molecular weight is 367 g/mol. The minimum absolute atomic E-state index is 0.0928. The first-order valence-electron chi connectivity index (χ1n) is 9.00. The zero-order valence-corrected chi connectivity index (χ0v) is 14.2. The lowest BCUT2D eigenvalue weighted by molar-refractivity contribution is -0.183. The molecule has 0 aromatic carbocycles. The molecule has 2 saturated carbocycles. The van der Waals surface area contributed by atoms with Crippen molar-refractivity contribution in [2.75, 3.05) is 0 Å². The van der Waals surface area contributed by atoms with Crippen LogP contribution in [0.1, 0.15) is 60.7 Å².